The van der Waals surface area contributed by atoms with Gasteiger partial charge in [0.25, 0.3) is 0 Å². The van der Waals surface area contributed by atoms with Gasteiger partial charge in [0.1, 0.15) is 0 Å². The Morgan fingerprint density at radius 2 is 1.85 bits per heavy atom. The van der Waals surface area contributed by atoms with Crippen molar-refractivity contribution in [2.75, 3.05) is 19.8 Å². The Bertz CT molecular complexity index is 756. The molecule has 3 fully saturated rings. The number of hydrogen-bond donors (Lipinski definition) is 0. The third kappa shape index (κ3) is 2.09. The largest absolute Gasteiger partial charge is 0.370 e. The first kappa shape index (κ1) is 17.0. The molecular formula is C24H32O3. The van der Waals surface area contributed by atoms with Crippen molar-refractivity contribution in [1.82, 2.24) is 0 Å². The van der Waals surface area contributed by atoms with Crippen LogP contribution < -0.4 is 0 Å². The van der Waals surface area contributed by atoms with Crippen molar-refractivity contribution in [1.29, 1.82) is 0 Å². The van der Waals surface area contributed by atoms with E-state index in [1.807, 2.05) is 0 Å². The van der Waals surface area contributed by atoms with E-state index in [0.29, 0.717) is 0 Å². The van der Waals surface area contributed by atoms with Gasteiger partial charge in [-0.25, -0.2) is 0 Å². The Labute approximate surface area is 162 Å². The summed E-state index contributed by atoms with van der Waals surface area (Å²) in [5.41, 5.74) is 6.55. The summed E-state index contributed by atoms with van der Waals surface area (Å²) >= 11 is 0. The van der Waals surface area contributed by atoms with Crippen molar-refractivity contribution in [2.45, 2.75) is 76.1 Å². The van der Waals surface area contributed by atoms with Crippen molar-refractivity contribution in [3.8, 4) is 0 Å². The molecule has 6 rings (SSSR count). The average Bonchev–Trinajstić information content (AvgIpc) is 3.35. The first-order valence-corrected chi connectivity index (χ1v) is 11.1. The van der Waals surface area contributed by atoms with Gasteiger partial charge >= 0.3 is 0 Å². The molecule has 0 aromatic rings. The van der Waals surface area contributed by atoms with Crippen LogP contribution in [-0.2, 0) is 14.2 Å². The summed E-state index contributed by atoms with van der Waals surface area (Å²) in [7, 11) is 0. The molecule has 6 aliphatic rings. The van der Waals surface area contributed by atoms with E-state index in [1.165, 1.54) is 31.3 Å². The Kier molecular flexibility index (Phi) is 3.52. The first-order chi connectivity index (χ1) is 13.1. The van der Waals surface area contributed by atoms with Gasteiger partial charge in [-0.1, -0.05) is 25.2 Å². The monoisotopic (exact) mass is 368 g/mol. The molecule has 2 aliphatic heterocycles. The summed E-state index contributed by atoms with van der Waals surface area (Å²) in [6, 6.07) is 0. The van der Waals surface area contributed by atoms with Gasteiger partial charge < -0.3 is 14.2 Å². The predicted octanol–water partition coefficient (Wildman–Crippen LogP) is 5.08. The molecule has 4 aliphatic carbocycles. The smallest absolute Gasteiger partial charge is 0.172 e. The third-order valence-electron chi connectivity index (χ3n) is 9.09. The van der Waals surface area contributed by atoms with E-state index in [0.717, 1.165) is 63.8 Å². The lowest BCUT2D eigenvalue weighted by molar-refractivity contribution is -0.164. The molecule has 2 spiro atoms. The fraction of sp³-hybridized carbons (Fsp3) is 0.750. The Morgan fingerprint density at radius 3 is 2.63 bits per heavy atom. The SMILES string of the molecule is C=C1CCO[C@]12CC[C@H]1[C@@H]3CCC4=C(CCC5(C4)OCCO5)C3=CC[C@@]12C. The molecule has 4 atom stereocenters. The molecule has 1 saturated carbocycles. The molecule has 0 amide bonds. The topological polar surface area (TPSA) is 27.7 Å². The number of rotatable bonds is 0. The molecule has 2 saturated heterocycles. The zero-order valence-electron chi connectivity index (χ0n) is 16.6. The maximum absolute atomic E-state index is 6.46. The molecule has 0 radical (unpaired) electrons. The van der Waals surface area contributed by atoms with Gasteiger partial charge in [-0.2, -0.15) is 0 Å². The molecule has 3 heteroatoms. The summed E-state index contributed by atoms with van der Waals surface area (Å²) < 4.78 is 18.5. The van der Waals surface area contributed by atoms with Gasteiger partial charge in [-0.3, -0.25) is 0 Å². The van der Waals surface area contributed by atoms with E-state index in [-0.39, 0.29) is 16.8 Å². The molecule has 0 aromatic heterocycles. The third-order valence-corrected chi connectivity index (χ3v) is 9.09. The zero-order valence-corrected chi connectivity index (χ0v) is 16.6. The van der Waals surface area contributed by atoms with Crippen LogP contribution in [0.4, 0.5) is 0 Å². The second-order valence-corrected chi connectivity index (χ2v) is 9.97. The van der Waals surface area contributed by atoms with Crippen molar-refractivity contribution in [2.24, 2.45) is 17.3 Å². The summed E-state index contributed by atoms with van der Waals surface area (Å²) in [6.07, 6.45) is 13.0. The van der Waals surface area contributed by atoms with E-state index in [9.17, 15) is 0 Å². The van der Waals surface area contributed by atoms with Crippen LogP contribution in [0.15, 0.2) is 34.9 Å². The molecule has 0 N–H and O–H groups in total. The first-order valence-electron chi connectivity index (χ1n) is 11.1. The van der Waals surface area contributed by atoms with Crippen LogP contribution in [0.5, 0.6) is 0 Å². The fourth-order valence-corrected chi connectivity index (χ4v) is 7.76. The lowest BCUT2D eigenvalue weighted by Gasteiger charge is -2.51. The van der Waals surface area contributed by atoms with E-state index < -0.39 is 0 Å². The second kappa shape index (κ2) is 5.58. The number of fused-ring (bicyclic) bond motifs is 5. The fourth-order valence-electron chi connectivity index (χ4n) is 7.76. The van der Waals surface area contributed by atoms with E-state index in [1.54, 1.807) is 16.7 Å². The molecular weight excluding hydrogens is 336 g/mol. The minimum absolute atomic E-state index is 0.0451. The Hall–Kier alpha value is -0.900. The summed E-state index contributed by atoms with van der Waals surface area (Å²) in [5.74, 6) is 1.18. The Morgan fingerprint density at radius 1 is 1.00 bits per heavy atom. The van der Waals surface area contributed by atoms with E-state index in [4.69, 9.17) is 14.2 Å². The van der Waals surface area contributed by atoms with Crippen LogP contribution in [0.3, 0.4) is 0 Å². The van der Waals surface area contributed by atoms with Crippen LogP contribution in [0.25, 0.3) is 0 Å². The maximum Gasteiger partial charge on any atom is 0.172 e. The summed E-state index contributed by atoms with van der Waals surface area (Å²) in [5, 5.41) is 0. The lowest BCUT2D eigenvalue weighted by atomic mass is 9.55. The van der Waals surface area contributed by atoms with Crippen molar-refractivity contribution in [3.05, 3.63) is 34.9 Å². The molecule has 3 nitrogen and oxygen atoms in total. The van der Waals surface area contributed by atoms with Gasteiger partial charge in [-0.05, 0) is 73.5 Å². The number of ether oxygens (including phenoxy) is 3. The highest BCUT2D eigenvalue weighted by Crippen LogP contribution is 2.66. The van der Waals surface area contributed by atoms with Crippen LogP contribution in [0.2, 0.25) is 0 Å². The predicted molar refractivity (Wildman–Crippen MR) is 104 cm³/mol. The zero-order chi connectivity index (χ0) is 18.3. The van der Waals surface area contributed by atoms with E-state index >= 15 is 0 Å². The highest BCUT2D eigenvalue weighted by Gasteiger charge is 2.63. The molecule has 27 heavy (non-hydrogen) atoms. The molecule has 146 valence electrons. The average molecular weight is 369 g/mol. The van der Waals surface area contributed by atoms with Gasteiger partial charge in [0, 0.05) is 18.3 Å². The quantitative estimate of drug-likeness (QED) is 0.558. The minimum Gasteiger partial charge on any atom is -0.370 e. The van der Waals surface area contributed by atoms with Crippen molar-refractivity contribution >= 4 is 0 Å². The van der Waals surface area contributed by atoms with Gasteiger partial charge in [0.2, 0.25) is 0 Å². The van der Waals surface area contributed by atoms with Crippen LogP contribution in [-0.4, -0.2) is 31.2 Å². The van der Waals surface area contributed by atoms with E-state index in [2.05, 4.69) is 19.6 Å². The van der Waals surface area contributed by atoms with Crippen LogP contribution >= 0.6 is 0 Å². The highest BCUT2D eigenvalue weighted by molar-refractivity contribution is 5.46. The molecule has 0 aromatic carbocycles. The number of hydrogen-bond acceptors (Lipinski definition) is 3. The van der Waals surface area contributed by atoms with Crippen molar-refractivity contribution < 1.29 is 14.2 Å². The second-order valence-electron chi connectivity index (χ2n) is 9.97. The van der Waals surface area contributed by atoms with Gasteiger partial charge in [0.15, 0.2) is 5.79 Å². The van der Waals surface area contributed by atoms with Crippen LogP contribution in [0, 0.1) is 17.3 Å². The molecule has 0 unspecified atom stereocenters. The minimum atomic E-state index is -0.289. The number of allylic oxidation sites excluding steroid dienone is 3. The summed E-state index contributed by atoms with van der Waals surface area (Å²) in [4.78, 5) is 0. The Balaban J connectivity index is 1.35. The van der Waals surface area contributed by atoms with Crippen molar-refractivity contribution in [3.63, 3.8) is 0 Å². The maximum atomic E-state index is 6.46. The molecule has 2 heterocycles. The molecule has 0 bridgehead atoms. The lowest BCUT2D eigenvalue weighted by Crippen LogP contribution is -2.49. The highest BCUT2D eigenvalue weighted by atomic mass is 16.7. The standard InChI is InChI=1S/C24H32O3/c1-16-8-12-27-24(16)11-7-21-20-4-3-17-15-23(25-13-14-26-23)10-6-18(17)19(20)5-9-22(21,24)2/h5,20-21H,1,3-4,6-15H2,2H3/t20-,21+,22+,24-/m1/s1. The summed E-state index contributed by atoms with van der Waals surface area (Å²) in [6.45, 7) is 9.36. The normalized spacial score (nSPS) is 45.2. The van der Waals surface area contributed by atoms with Gasteiger partial charge in [-0.15, -0.1) is 0 Å². The van der Waals surface area contributed by atoms with Crippen LogP contribution in [0.1, 0.15) is 64.7 Å². The van der Waals surface area contributed by atoms with Gasteiger partial charge in [0.05, 0.1) is 25.4 Å².